The van der Waals surface area contributed by atoms with Crippen molar-refractivity contribution in [2.75, 3.05) is 34.0 Å². The van der Waals surface area contributed by atoms with Crippen LogP contribution in [-0.2, 0) is 19.0 Å². The van der Waals surface area contributed by atoms with Gasteiger partial charge in [0, 0.05) is 13.7 Å². The first-order valence-corrected chi connectivity index (χ1v) is 4.44. The van der Waals surface area contributed by atoms with Crippen LogP contribution >= 0.6 is 0 Å². The summed E-state index contributed by atoms with van der Waals surface area (Å²) in [7, 11) is 2.99. The standard InChI is InChI=1S/C9H16O4/c1-11-6-8(9(10)12-2)7-3-4-13-5-7/h7-8H,3-6H2,1-2H3. The lowest BCUT2D eigenvalue weighted by atomic mass is 9.92. The minimum Gasteiger partial charge on any atom is -0.469 e. The third-order valence-corrected chi connectivity index (χ3v) is 2.38. The lowest BCUT2D eigenvalue weighted by Gasteiger charge is -2.18. The van der Waals surface area contributed by atoms with E-state index < -0.39 is 0 Å². The van der Waals surface area contributed by atoms with E-state index in [1.54, 1.807) is 7.11 Å². The molecule has 1 fully saturated rings. The normalized spacial score (nSPS) is 24.3. The van der Waals surface area contributed by atoms with Crippen molar-refractivity contribution in [3.8, 4) is 0 Å². The molecule has 0 saturated carbocycles. The molecule has 0 N–H and O–H groups in total. The van der Waals surface area contributed by atoms with Crippen molar-refractivity contribution < 1.29 is 19.0 Å². The number of hydrogen-bond donors (Lipinski definition) is 0. The smallest absolute Gasteiger partial charge is 0.311 e. The molecule has 2 atom stereocenters. The molecule has 1 saturated heterocycles. The van der Waals surface area contributed by atoms with E-state index in [0.29, 0.717) is 13.2 Å². The van der Waals surface area contributed by atoms with Crippen LogP contribution in [0.4, 0.5) is 0 Å². The van der Waals surface area contributed by atoms with Crippen molar-refractivity contribution in [3.63, 3.8) is 0 Å². The number of hydrogen-bond acceptors (Lipinski definition) is 4. The van der Waals surface area contributed by atoms with Gasteiger partial charge in [0.1, 0.15) is 0 Å². The zero-order valence-corrected chi connectivity index (χ0v) is 8.12. The van der Waals surface area contributed by atoms with Gasteiger partial charge in [-0.05, 0) is 12.3 Å². The molecule has 1 aliphatic rings. The van der Waals surface area contributed by atoms with Crippen molar-refractivity contribution in [1.82, 2.24) is 0 Å². The summed E-state index contributed by atoms with van der Waals surface area (Å²) in [5.74, 6) is -0.109. The molecule has 4 heteroatoms. The van der Waals surface area contributed by atoms with Gasteiger partial charge < -0.3 is 14.2 Å². The lowest BCUT2D eigenvalue weighted by Crippen LogP contribution is -2.29. The number of rotatable bonds is 4. The zero-order chi connectivity index (χ0) is 9.68. The van der Waals surface area contributed by atoms with Gasteiger partial charge in [-0.1, -0.05) is 0 Å². The predicted molar refractivity (Wildman–Crippen MR) is 46.3 cm³/mol. The van der Waals surface area contributed by atoms with Crippen LogP contribution in [0.2, 0.25) is 0 Å². The molecular weight excluding hydrogens is 172 g/mol. The van der Waals surface area contributed by atoms with E-state index in [1.165, 1.54) is 7.11 Å². The molecule has 0 amide bonds. The molecule has 0 aromatic heterocycles. The average molecular weight is 188 g/mol. The summed E-state index contributed by atoms with van der Waals surface area (Å²) in [5.41, 5.74) is 0. The van der Waals surface area contributed by atoms with Crippen molar-refractivity contribution in [2.24, 2.45) is 11.8 Å². The Morgan fingerprint density at radius 1 is 1.62 bits per heavy atom. The van der Waals surface area contributed by atoms with Gasteiger partial charge in [-0.3, -0.25) is 4.79 Å². The Hall–Kier alpha value is -0.610. The number of carbonyl (C=O) groups excluding carboxylic acids is 1. The quantitative estimate of drug-likeness (QED) is 0.601. The van der Waals surface area contributed by atoms with Gasteiger partial charge >= 0.3 is 5.97 Å². The number of methoxy groups -OCH3 is 2. The Kier molecular flexibility index (Phi) is 4.18. The summed E-state index contributed by atoms with van der Waals surface area (Å²) < 4.78 is 14.9. The fourth-order valence-corrected chi connectivity index (χ4v) is 1.60. The Labute approximate surface area is 78.2 Å². The van der Waals surface area contributed by atoms with Gasteiger partial charge in [0.25, 0.3) is 0 Å². The summed E-state index contributed by atoms with van der Waals surface area (Å²) in [5, 5.41) is 0. The molecule has 0 bridgehead atoms. The van der Waals surface area contributed by atoms with E-state index in [1.807, 2.05) is 0 Å². The molecule has 1 heterocycles. The summed E-state index contributed by atoms with van der Waals surface area (Å²) in [4.78, 5) is 11.3. The van der Waals surface area contributed by atoms with Gasteiger partial charge in [0.05, 0.1) is 26.2 Å². The maximum absolute atomic E-state index is 11.3. The highest BCUT2D eigenvalue weighted by Crippen LogP contribution is 2.23. The second-order valence-electron chi connectivity index (χ2n) is 3.21. The average Bonchev–Trinajstić information content (AvgIpc) is 2.65. The van der Waals surface area contributed by atoms with E-state index in [-0.39, 0.29) is 17.8 Å². The van der Waals surface area contributed by atoms with Crippen molar-refractivity contribution in [1.29, 1.82) is 0 Å². The second-order valence-corrected chi connectivity index (χ2v) is 3.21. The van der Waals surface area contributed by atoms with Crippen LogP contribution < -0.4 is 0 Å². The van der Waals surface area contributed by atoms with Crippen LogP contribution in [0.5, 0.6) is 0 Å². The van der Waals surface area contributed by atoms with Crippen LogP contribution in [0.25, 0.3) is 0 Å². The third kappa shape index (κ3) is 2.67. The van der Waals surface area contributed by atoms with E-state index in [9.17, 15) is 4.79 Å². The Morgan fingerprint density at radius 2 is 2.38 bits per heavy atom. The minimum absolute atomic E-state index is 0.169. The van der Waals surface area contributed by atoms with Crippen molar-refractivity contribution in [2.45, 2.75) is 6.42 Å². The molecule has 0 aliphatic carbocycles. The minimum atomic E-state index is -0.197. The third-order valence-electron chi connectivity index (χ3n) is 2.38. The van der Waals surface area contributed by atoms with Crippen LogP contribution in [0, 0.1) is 11.8 Å². The van der Waals surface area contributed by atoms with Crippen LogP contribution in [0.1, 0.15) is 6.42 Å². The molecule has 0 aromatic carbocycles. The van der Waals surface area contributed by atoms with Crippen LogP contribution in [0.3, 0.4) is 0 Å². The Morgan fingerprint density at radius 3 is 2.85 bits per heavy atom. The maximum Gasteiger partial charge on any atom is 0.311 e. The van der Waals surface area contributed by atoms with E-state index >= 15 is 0 Å². The zero-order valence-electron chi connectivity index (χ0n) is 8.12. The molecular formula is C9H16O4. The topological polar surface area (TPSA) is 44.8 Å². The second kappa shape index (κ2) is 5.19. The van der Waals surface area contributed by atoms with Crippen molar-refractivity contribution >= 4 is 5.97 Å². The maximum atomic E-state index is 11.3. The number of carbonyl (C=O) groups is 1. The van der Waals surface area contributed by atoms with E-state index in [2.05, 4.69) is 0 Å². The molecule has 1 aliphatic heterocycles. The predicted octanol–water partition coefficient (Wildman–Crippen LogP) is 0.458. The fourth-order valence-electron chi connectivity index (χ4n) is 1.60. The molecule has 1 rings (SSSR count). The number of esters is 1. The summed E-state index contributed by atoms with van der Waals surface area (Å²) in [6.45, 7) is 1.80. The molecule has 2 unspecified atom stereocenters. The SMILES string of the molecule is COCC(C(=O)OC)C1CCOC1. The number of ether oxygens (including phenoxy) is 3. The molecule has 0 radical (unpaired) electrons. The first-order chi connectivity index (χ1) is 6.29. The highest BCUT2D eigenvalue weighted by molar-refractivity contribution is 5.72. The Bertz CT molecular complexity index is 163. The highest BCUT2D eigenvalue weighted by atomic mass is 16.5. The summed E-state index contributed by atoms with van der Waals surface area (Å²) in [6.07, 6.45) is 0.920. The van der Waals surface area contributed by atoms with Crippen molar-refractivity contribution in [3.05, 3.63) is 0 Å². The largest absolute Gasteiger partial charge is 0.469 e. The van der Waals surface area contributed by atoms with Gasteiger partial charge in [0.15, 0.2) is 0 Å². The van der Waals surface area contributed by atoms with Crippen LogP contribution in [-0.4, -0.2) is 40.0 Å². The molecule has 76 valence electrons. The first-order valence-electron chi connectivity index (χ1n) is 4.44. The van der Waals surface area contributed by atoms with Crippen LogP contribution in [0.15, 0.2) is 0 Å². The first kappa shape index (κ1) is 10.5. The van der Waals surface area contributed by atoms with E-state index in [4.69, 9.17) is 14.2 Å². The lowest BCUT2D eigenvalue weighted by molar-refractivity contribution is -0.149. The molecule has 0 aromatic rings. The molecule has 0 spiro atoms. The molecule has 4 nitrogen and oxygen atoms in total. The van der Waals surface area contributed by atoms with Gasteiger partial charge in [-0.15, -0.1) is 0 Å². The van der Waals surface area contributed by atoms with E-state index in [0.717, 1.165) is 13.0 Å². The molecule has 13 heavy (non-hydrogen) atoms. The summed E-state index contributed by atoms with van der Waals surface area (Å²) >= 11 is 0. The van der Waals surface area contributed by atoms with Gasteiger partial charge in [0.2, 0.25) is 0 Å². The monoisotopic (exact) mass is 188 g/mol. The summed E-state index contributed by atoms with van der Waals surface area (Å²) in [6, 6.07) is 0. The van der Waals surface area contributed by atoms with Gasteiger partial charge in [-0.25, -0.2) is 0 Å². The highest BCUT2D eigenvalue weighted by Gasteiger charge is 2.31. The fraction of sp³-hybridized carbons (Fsp3) is 0.889. The van der Waals surface area contributed by atoms with Gasteiger partial charge in [-0.2, -0.15) is 0 Å². The Balaban J connectivity index is 2.49.